The number of rotatable bonds is 8. The fourth-order valence-electron chi connectivity index (χ4n) is 7.46. The Hall–Kier alpha value is -1.49. The highest BCUT2D eigenvalue weighted by Crippen LogP contribution is 2.61. The van der Waals surface area contributed by atoms with Crippen LogP contribution >= 0.6 is 0 Å². The van der Waals surface area contributed by atoms with Crippen molar-refractivity contribution in [2.45, 2.75) is 77.0 Å². The first-order valence-corrected chi connectivity index (χ1v) is 13.5. The Bertz CT molecular complexity index is 702. The lowest BCUT2D eigenvalue weighted by Gasteiger charge is -2.52. The third-order valence-electron chi connectivity index (χ3n) is 9.04. The summed E-state index contributed by atoms with van der Waals surface area (Å²) in [5.74, 6) is 3.37. The fourth-order valence-corrected chi connectivity index (χ4v) is 7.46. The highest BCUT2D eigenvalue weighted by Gasteiger charge is 2.58. The molecule has 1 heterocycles. The van der Waals surface area contributed by atoms with E-state index in [0.29, 0.717) is 11.8 Å². The van der Waals surface area contributed by atoms with E-state index < -0.39 is 5.41 Å². The fraction of sp³-hybridized carbons (Fsp3) is 0.821. The Balaban J connectivity index is 1.71. The van der Waals surface area contributed by atoms with Gasteiger partial charge in [0, 0.05) is 13.1 Å². The summed E-state index contributed by atoms with van der Waals surface area (Å²) < 4.78 is 12.6. The molecule has 4 rings (SSSR count). The number of ether oxygens (including phenoxy) is 2. The van der Waals surface area contributed by atoms with Crippen molar-refractivity contribution in [2.24, 2.45) is 22.7 Å². The molecule has 2 saturated carbocycles. The summed E-state index contributed by atoms with van der Waals surface area (Å²) in [6.07, 6.45) is 19.1. The van der Waals surface area contributed by atoms with Crippen LogP contribution in [-0.2, 0) is 14.3 Å². The monoisotopic (exact) mass is 458 g/mol. The van der Waals surface area contributed by atoms with Crippen molar-refractivity contribution in [1.82, 2.24) is 9.80 Å². The molecule has 0 unspecified atom stereocenters. The molecule has 0 N–H and O–H groups in total. The van der Waals surface area contributed by atoms with Crippen LogP contribution in [0.2, 0.25) is 0 Å². The summed E-state index contributed by atoms with van der Waals surface area (Å²) >= 11 is 0. The second kappa shape index (κ2) is 10.4. The number of nitrogens with zero attached hydrogens (tertiary/aromatic N) is 2. The van der Waals surface area contributed by atoms with E-state index in [1.54, 1.807) is 0 Å². The third-order valence-corrected chi connectivity index (χ3v) is 9.04. The lowest BCUT2D eigenvalue weighted by atomic mass is 9.54. The van der Waals surface area contributed by atoms with Gasteiger partial charge >= 0.3 is 0 Å². The van der Waals surface area contributed by atoms with E-state index >= 15 is 0 Å². The summed E-state index contributed by atoms with van der Waals surface area (Å²) in [5, 5.41) is 0. The van der Waals surface area contributed by atoms with Gasteiger partial charge in [-0.25, -0.2) is 0 Å². The first-order valence-electron chi connectivity index (χ1n) is 13.5. The molecule has 186 valence electrons. The first kappa shape index (κ1) is 24.6. The van der Waals surface area contributed by atoms with Crippen molar-refractivity contribution in [3.8, 4) is 0 Å². The number of methoxy groups -OCH3 is 2. The van der Waals surface area contributed by atoms with Crippen molar-refractivity contribution in [2.75, 3.05) is 47.9 Å². The SMILES string of the molecule is COC1=CC2(C=C(OC)C1(C1CCCCC1)C1CCCCC1)CCN(CCCN(C)C)C2=O. The zero-order valence-electron chi connectivity index (χ0n) is 21.5. The molecule has 3 fully saturated rings. The Kier molecular flexibility index (Phi) is 7.77. The van der Waals surface area contributed by atoms with E-state index in [1.165, 1.54) is 64.2 Å². The molecule has 0 bridgehead atoms. The molecule has 0 aromatic carbocycles. The highest BCUT2D eigenvalue weighted by atomic mass is 16.5. The maximum absolute atomic E-state index is 13.8. The average Bonchev–Trinajstić information content (AvgIpc) is 3.14. The van der Waals surface area contributed by atoms with Gasteiger partial charge in [0.25, 0.3) is 0 Å². The normalized spacial score (nSPS) is 26.0. The first-order chi connectivity index (χ1) is 16.0. The van der Waals surface area contributed by atoms with Crippen LogP contribution in [0.5, 0.6) is 0 Å². The van der Waals surface area contributed by atoms with E-state index in [2.05, 4.69) is 36.0 Å². The molecule has 5 heteroatoms. The quantitative estimate of drug-likeness (QED) is 0.490. The second-order valence-electron chi connectivity index (χ2n) is 11.2. The summed E-state index contributed by atoms with van der Waals surface area (Å²) in [4.78, 5) is 18.0. The predicted molar refractivity (Wildman–Crippen MR) is 133 cm³/mol. The average molecular weight is 459 g/mol. The Morgan fingerprint density at radius 3 is 1.88 bits per heavy atom. The van der Waals surface area contributed by atoms with E-state index in [4.69, 9.17) is 9.47 Å². The summed E-state index contributed by atoms with van der Waals surface area (Å²) in [6, 6.07) is 0. The van der Waals surface area contributed by atoms with Gasteiger partial charge in [0.1, 0.15) is 11.5 Å². The molecular formula is C28H46N2O3. The smallest absolute Gasteiger partial charge is 0.236 e. The maximum atomic E-state index is 13.8. The van der Waals surface area contributed by atoms with E-state index in [9.17, 15) is 4.79 Å². The Labute approximate surface area is 201 Å². The predicted octanol–water partition coefficient (Wildman–Crippen LogP) is 5.38. The van der Waals surface area contributed by atoms with Gasteiger partial charge in [-0.15, -0.1) is 0 Å². The summed E-state index contributed by atoms with van der Waals surface area (Å²) in [5.41, 5.74) is -0.810. The number of carbonyl (C=O) groups is 1. The van der Waals surface area contributed by atoms with Gasteiger partial charge < -0.3 is 19.3 Å². The zero-order chi connectivity index (χ0) is 23.5. The molecule has 1 aliphatic heterocycles. The van der Waals surface area contributed by atoms with Crippen LogP contribution < -0.4 is 0 Å². The molecule has 0 aromatic rings. The van der Waals surface area contributed by atoms with Crippen molar-refractivity contribution in [1.29, 1.82) is 0 Å². The molecule has 0 atom stereocenters. The van der Waals surface area contributed by atoms with Gasteiger partial charge in [-0.05, 0) is 83.2 Å². The molecule has 1 amide bonds. The lowest BCUT2D eigenvalue weighted by Crippen LogP contribution is -2.48. The van der Waals surface area contributed by atoms with Crippen LogP contribution in [-0.4, -0.2) is 63.7 Å². The lowest BCUT2D eigenvalue weighted by molar-refractivity contribution is -0.133. The topological polar surface area (TPSA) is 42.0 Å². The molecular weight excluding hydrogens is 412 g/mol. The van der Waals surface area contributed by atoms with Gasteiger partial charge in [-0.2, -0.15) is 0 Å². The van der Waals surface area contributed by atoms with Crippen molar-refractivity contribution in [3.63, 3.8) is 0 Å². The number of likely N-dealkylation sites (tertiary alicyclic amines) is 1. The van der Waals surface area contributed by atoms with Gasteiger partial charge in [-0.1, -0.05) is 38.5 Å². The molecule has 1 saturated heterocycles. The van der Waals surface area contributed by atoms with Gasteiger partial charge in [0.2, 0.25) is 5.91 Å². The molecule has 5 nitrogen and oxygen atoms in total. The highest BCUT2D eigenvalue weighted by molar-refractivity contribution is 5.89. The van der Waals surface area contributed by atoms with E-state index in [-0.39, 0.29) is 11.3 Å². The van der Waals surface area contributed by atoms with Crippen molar-refractivity contribution < 1.29 is 14.3 Å². The Morgan fingerprint density at radius 2 is 1.42 bits per heavy atom. The zero-order valence-corrected chi connectivity index (χ0v) is 21.5. The number of hydrogen-bond donors (Lipinski definition) is 0. The van der Waals surface area contributed by atoms with Crippen LogP contribution in [0.3, 0.4) is 0 Å². The molecule has 0 radical (unpaired) electrons. The van der Waals surface area contributed by atoms with Crippen molar-refractivity contribution >= 4 is 5.91 Å². The third kappa shape index (κ3) is 4.47. The minimum absolute atomic E-state index is 0.200. The summed E-state index contributed by atoms with van der Waals surface area (Å²) in [7, 11) is 7.83. The maximum Gasteiger partial charge on any atom is 0.236 e. The molecule has 3 aliphatic carbocycles. The van der Waals surface area contributed by atoms with Crippen LogP contribution in [0.1, 0.15) is 77.0 Å². The molecule has 4 aliphatic rings. The number of amides is 1. The Morgan fingerprint density at radius 1 is 0.909 bits per heavy atom. The minimum atomic E-state index is -0.609. The summed E-state index contributed by atoms with van der Waals surface area (Å²) in [6.45, 7) is 2.64. The van der Waals surface area contributed by atoms with Crippen LogP contribution in [0.4, 0.5) is 0 Å². The van der Waals surface area contributed by atoms with E-state index in [0.717, 1.165) is 44.0 Å². The van der Waals surface area contributed by atoms with Crippen molar-refractivity contribution in [3.05, 3.63) is 23.7 Å². The van der Waals surface area contributed by atoms with Gasteiger partial charge in [0.05, 0.1) is 25.0 Å². The molecule has 33 heavy (non-hydrogen) atoms. The minimum Gasteiger partial charge on any atom is -0.500 e. The largest absolute Gasteiger partial charge is 0.500 e. The van der Waals surface area contributed by atoms with Gasteiger partial charge in [-0.3, -0.25) is 4.79 Å². The standard InChI is InChI=1S/C28H46N2O3/c1-29(2)17-11-18-30-19-16-27(26(30)31)20-24(32-3)28(25(21-27)33-4,22-12-7-5-8-13-22)23-14-9-6-10-15-23/h20-23H,5-19H2,1-4H3. The van der Waals surface area contributed by atoms with Crippen LogP contribution in [0.15, 0.2) is 23.7 Å². The van der Waals surface area contributed by atoms with E-state index in [1.807, 2.05) is 14.2 Å². The van der Waals surface area contributed by atoms with Crippen LogP contribution in [0.25, 0.3) is 0 Å². The second-order valence-corrected chi connectivity index (χ2v) is 11.2. The molecule has 1 spiro atoms. The molecule has 0 aromatic heterocycles. The number of hydrogen-bond acceptors (Lipinski definition) is 4. The van der Waals surface area contributed by atoms with Crippen LogP contribution in [0, 0.1) is 22.7 Å². The van der Waals surface area contributed by atoms with Gasteiger partial charge in [0.15, 0.2) is 0 Å². The number of carbonyl (C=O) groups excluding carboxylic acids is 1.